The first-order valence-corrected chi connectivity index (χ1v) is 4.64. The van der Waals surface area contributed by atoms with Crippen molar-refractivity contribution in [1.29, 1.82) is 0 Å². The number of carboxylic acid groups (broad SMARTS) is 1. The van der Waals surface area contributed by atoms with Gasteiger partial charge in [-0.2, -0.15) is 0 Å². The Bertz CT molecular complexity index is 182. The van der Waals surface area contributed by atoms with Gasteiger partial charge in [-0.1, -0.05) is 0 Å². The van der Waals surface area contributed by atoms with Gasteiger partial charge < -0.3 is 15.2 Å². The van der Waals surface area contributed by atoms with Crippen molar-refractivity contribution >= 4 is 11.9 Å². The van der Waals surface area contributed by atoms with Gasteiger partial charge >= 0.3 is 5.97 Å². The third-order valence-corrected chi connectivity index (χ3v) is 1.67. The molecule has 0 saturated carbocycles. The summed E-state index contributed by atoms with van der Waals surface area (Å²) in [5.41, 5.74) is 0. The molecule has 5 heteroatoms. The number of carboxylic acids is 1. The number of carbonyl (C=O) groups is 2. The highest BCUT2D eigenvalue weighted by Crippen LogP contribution is 1.93. The van der Waals surface area contributed by atoms with E-state index in [0.29, 0.717) is 32.4 Å². The van der Waals surface area contributed by atoms with E-state index in [1.807, 2.05) is 0 Å². The second kappa shape index (κ2) is 8.50. The van der Waals surface area contributed by atoms with Gasteiger partial charge in [-0.05, 0) is 12.8 Å². The number of hydrogen-bond acceptors (Lipinski definition) is 3. The normalized spacial score (nSPS) is 9.79. The summed E-state index contributed by atoms with van der Waals surface area (Å²) in [6.07, 6.45) is 1.81. The van der Waals surface area contributed by atoms with E-state index in [9.17, 15) is 9.59 Å². The van der Waals surface area contributed by atoms with E-state index in [0.717, 1.165) is 0 Å². The molecule has 0 saturated heterocycles. The number of aliphatic carboxylic acids is 1. The monoisotopic (exact) mass is 203 g/mol. The molecule has 0 spiro atoms. The largest absolute Gasteiger partial charge is 0.481 e. The van der Waals surface area contributed by atoms with Crippen molar-refractivity contribution in [2.75, 3.05) is 20.3 Å². The summed E-state index contributed by atoms with van der Waals surface area (Å²) in [6, 6.07) is 0. The molecule has 0 aromatic heterocycles. The molecule has 0 aliphatic heterocycles. The lowest BCUT2D eigenvalue weighted by Crippen LogP contribution is -2.25. The van der Waals surface area contributed by atoms with Crippen molar-refractivity contribution in [2.24, 2.45) is 0 Å². The van der Waals surface area contributed by atoms with Crippen molar-refractivity contribution in [3.8, 4) is 0 Å². The van der Waals surface area contributed by atoms with E-state index in [4.69, 9.17) is 9.84 Å². The van der Waals surface area contributed by atoms with Crippen molar-refractivity contribution < 1.29 is 19.4 Å². The lowest BCUT2D eigenvalue weighted by atomic mass is 10.2. The van der Waals surface area contributed by atoms with Crippen LogP contribution in [0.15, 0.2) is 0 Å². The van der Waals surface area contributed by atoms with Crippen LogP contribution in [-0.2, 0) is 14.3 Å². The van der Waals surface area contributed by atoms with Gasteiger partial charge in [-0.25, -0.2) is 0 Å². The highest BCUT2D eigenvalue weighted by molar-refractivity contribution is 5.75. The Morgan fingerprint density at radius 3 is 2.57 bits per heavy atom. The van der Waals surface area contributed by atoms with Gasteiger partial charge in [-0.15, -0.1) is 0 Å². The number of ether oxygens (including phenoxy) is 1. The fourth-order valence-electron chi connectivity index (χ4n) is 0.912. The zero-order valence-electron chi connectivity index (χ0n) is 8.41. The van der Waals surface area contributed by atoms with Crippen LogP contribution in [0.3, 0.4) is 0 Å². The van der Waals surface area contributed by atoms with Gasteiger partial charge in [0.1, 0.15) is 0 Å². The van der Waals surface area contributed by atoms with E-state index in [1.165, 1.54) is 0 Å². The summed E-state index contributed by atoms with van der Waals surface area (Å²) in [6.45, 7) is 0.955. The number of methoxy groups -OCH3 is 1. The van der Waals surface area contributed by atoms with Crippen LogP contribution in [-0.4, -0.2) is 37.2 Å². The second-order valence-corrected chi connectivity index (χ2v) is 2.94. The molecule has 0 aromatic rings. The predicted octanol–water partition coefficient (Wildman–Crippen LogP) is 0.394. The predicted molar refractivity (Wildman–Crippen MR) is 51.0 cm³/mol. The number of nitrogens with one attached hydrogen (secondary N) is 1. The summed E-state index contributed by atoms with van der Waals surface area (Å²) in [5, 5.41) is 11.0. The third kappa shape index (κ3) is 8.99. The van der Waals surface area contributed by atoms with Gasteiger partial charge in [0.25, 0.3) is 0 Å². The first-order valence-electron chi connectivity index (χ1n) is 4.64. The van der Waals surface area contributed by atoms with Gasteiger partial charge in [0.2, 0.25) is 5.91 Å². The molecule has 14 heavy (non-hydrogen) atoms. The Morgan fingerprint density at radius 1 is 1.29 bits per heavy atom. The van der Waals surface area contributed by atoms with Crippen LogP contribution < -0.4 is 5.32 Å². The molecule has 0 aliphatic rings. The maximum atomic E-state index is 11.0. The molecule has 0 heterocycles. The Hall–Kier alpha value is -1.10. The second-order valence-electron chi connectivity index (χ2n) is 2.94. The molecule has 82 valence electrons. The molecule has 0 aromatic carbocycles. The van der Waals surface area contributed by atoms with Gasteiger partial charge in [0, 0.05) is 26.5 Å². The van der Waals surface area contributed by atoms with Crippen LogP contribution in [0.4, 0.5) is 0 Å². The van der Waals surface area contributed by atoms with Crippen LogP contribution in [0.5, 0.6) is 0 Å². The Labute approximate surface area is 83.4 Å². The first-order chi connectivity index (χ1) is 6.66. The summed E-state index contributed by atoms with van der Waals surface area (Å²) in [5.74, 6) is -0.849. The number of unbranched alkanes of at least 4 members (excludes halogenated alkanes) is 1. The smallest absolute Gasteiger partial charge is 0.303 e. The van der Waals surface area contributed by atoms with Crippen LogP contribution in [0, 0.1) is 0 Å². The standard InChI is InChI=1S/C9H17NO4/c1-14-7-5-8(11)10-6-3-2-4-9(12)13/h2-7H2,1H3,(H,10,11)(H,12,13). The quantitative estimate of drug-likeness (QED) is 0.560. The van der Waals surface area contributed by atoms with Crippen molar-refractivity contribution in [1.82, 2.24) is 5.32 Å². The Morgan fingerprint density at radius 2 is 2.00 bits per heavy atom. The number of amides is 1. The minimum absolute atomic E-state index is 0.0535. The Kier molecular flexibility index (Phi) is 7.83. The van der Waals surface area contributed by atoms with Gasteiger partial charge in [0.15, 0.2) is 0 Å². The minimum Gasteiger partial charge on any atom is -0.481 e. The number of carbonyl (C=O) groups excluding carboxylic acids is 1. The van der Waals surface area contributed by atoms with Crippen molar-refractivity contribution in [2.45, 2.75) is 25.7 Å². The van der Waals surface area contributed by atoms with Crippen LogP contribution >= 0.6 is 0 Å². The van der Waals surface area contributed by atoms with E-state index in [1.54, 1.807) is 7.11 Å². The average molecular weight is 203 g/mol. The molecule has 0 fully saturated rings. The molecular weight excluding hydrogens is 186 g/mol. The molecule has 0 aliphatic carbocycles. The summed E-state index contributed by atoms with van der Waals surface area (Å²) >= 11 is 0. The Balaban J connectivity index is 3.19. The molecule has 0 rings (SSSR count). The molecule has 5 nitrogen and oxygen atoms in total. The third-order valence-electron chi connectivity index (χ3n) is 1.67. The summed E-state index contributed by atoms with van der Waals surface area (Å²) < 4.78 is 4.73. The zero-order valence-corrected chi connectivity index (χ0v) is 8.41. The summed E-state index contributed by atoms with van der Waals surface area (Å²) in [7, 11) is 1.54. The van der Waals surface area contributed by atoms with Crippen molar-refractivity contribution in [3.63, 3.8) is 0 Å². The zero-order chi connectivity index (χ0) is 10.8. The lowest BCUT2D eigenvalue weighted by Gasteiger charge is -2.03. The topological polar surface area (TPSA) is 75.6 Å². The molecule has 0 atom stereocenters. The number of hydrogen-bond donors (Lipinski definition) is 2. The molecule has 0 unspecified atom stereocenters. The highest BCUT2D eigenvalue weighted by atomic mass is 16.5. The van der Waals surface area contributed by atoms with Gasteiger partial charge in [0.05, 0.1) is 6.61 Å². The van der Waals surface area contributed by atoms with E-state index < -0.39 is 5.97 Å². The molecule has 2 N–H and O–H groups in total. The summed E-state index contributed by atoms with van der Waals surface area (Å²) in [4.78, 5) is 21.1. The van der Waals surface area contributed by atoms with E-state index >= 15 is 0 Å². The molecule has 0 bridgehead atoms. The maximum Gasteiger partial charge on any atom is 0.303 e. The molecular formula is C9H17NO4. The van der Waals surface area contributed by atoms with Crippen LogP contribution in [0.2, 0.25) is 0 Å². The molecule has 1 amide bonds. The van der Waals surface area contributed by atoms with Gasteiger partial charge in [-0.3, -0.25) is 9.59 Å². The number of rotatable bonds is 8. The minimum atomic E-state index is -0.796. The van der Waals surface area contributed by atoms with Crippen LogP contribution in [0.25, 0.3) is 0 Å². The SMILES string of the molecule is COCCC(=O)NCCCCC(=O)O. The maximum absolute atomic E-state index is 11.0. The fraction of sp³-hybridized carbons (Fsp3) is 0.778. The average Bonchev–Trinajstić information content (AvgIpc) is 2.13. The molecule has 0 radical (unpaired) electrons. The fourth-order valence-corrected chi connectivity index (χ4v) is 0.912. The van der Waals surface area contributed by atoms with E-state index in [2.05, 4.69) is 5.32 Å². The first kappa shape index (κ1) is 12.9. The van der Waals surface area contributed by atoms with E-state index in [-0.39, 0.29) is 12.3 Å². The lowest BCUT2D eigenvalue weighted by molar-refractivity contribution is -0.137. The van der Waals surface area contributed by atoms with Crippen molar-refractivity contribution in [3.05, 3.63) is 0 Å². The van der Waals surface area contributed by atoms with Crippen LogP contribution in [0.1, 0.15) is 25.7 Å². The highest BCUT2D eigenvalue weighted by Gasteiger charge is 2.00.